The van der Waals surface area contributed by atoms with Gasteiger partial charge in [-0.05, 0) is 36.2 Å². The Hall–Kier alpha value is -3.15. The number of furan rings is 1. The van der Waals surface area contributed by atoms with Crippen molar-refractivity contribution in [2.75, 3.05) is 6.54 Å². The SMILES string of the molecule is NC(=O)[C@H](CNC(=O)c1cc2ccccc2o1)Cc1ccc(F)cc1. The van der Waals surface area contributed by atoms with Crippen molar-refractivity contribution in [3.8, 4) is 0 Å². The molecule has 1 aromatic heterocycles. The molecule has 0 fully saturated rings. The monoisotopic (exact) mass is 340 g/mol. The van der Waals surface area contributed by atoms with E-state index >= 15 is 0 Å². The average molecular weight is 340 g/mol. The number of para-hydroxylation sites is 1. The highest BCUT2D eigenvalue weighted by Crippen LogP contribution is 2.18. The Labute approximate surface area is 143 Å². The van der Waals surface area contributed by atoms with Gasteiger partial charge in [0.15, 0.2) is 5.76 Å². The van der Waals surface area contributed by atoms with Gasteiger partial charge in [0.05, 0.1) is 5.92 Å². The van der Waals surface area contributed by atoms with E-state index in [9.17, 15) is 14.0 Å². The highest BCUT2D eigenvalue weighted by Gasteiger charge is 2.19. The van der Waals surface area contributed by atoms with Crippen LogP contribution in [0.2, 0.25) is 0 Å². The summed E-state index contributed by atoms with van der Waals surface area (Å²) in [4.78, 5) is 23.9. The van der Waals surface area contributed by atoms with E-state index in [2.05, 4.69) is 5.32 Å². The topological polar surface area (TPSA) is 85.3 Å². The number of primary amides is 1. The Morgan fingerprint density at radius 2 is 1.84 bits per heavy atom. The lowest BCUT2D eigenvalue weighted by atomic mass is 9.98. The molecule has 0 bridgehead atoms. The van der Waals surface area contributed by atoms with Crippen LogP contribution in [0.1, 0.15) is 16.1 Å². The zero-order chi connectivity index (χ0) is 17.8. The summed E-state index contributed by atoms with van der Waals surface area (Å²) >= 11 is 0. The van der Waals surface area contributed by atoms with Crippen molar-refractivity contribution in [2.24, 2.45) is 11.7 Å². The first-order valence-corrected chi connectivity index (χ1v) is 7.83. The third-order valence-corrected chi connectivity index (χ3v) is 3.96. The van der Waals surface area contributed by atoms with E-state index in [0.717, 1.165) is 10.9 Å². The van der Waals surface area contributed by atoms with Crippen LogP contribution in [0.25, 0.3) is 11.0 Å². The fraction of sp³-hybridized carbons (Fsp3) is 0.158. The Balaban J connectivity index is 1.65. The van der Waals surface area contributed by atoms with Crippen molar-refractivity contribution in [2.45, 2.75) is 6.42 Å². The summed E-state index contributed by atoms with van der Waals surface area (Å²) in [5.41, 5.74) is 6.80. The van der Waals surface area contributed by atoms with Crippen LogP contribution in [0.3, 0.4) is 0 Å². The molecule has 6 heteroatoms. The number of nitrogens with one attached hydrogen (secondary N) is 1. The Kier molecular flexibility index (Phi) is 4.79. The van der Waals surface area contributed by atoms with Gasteiger partial charge in [-0.15, -0.1) is 0 Å². The standard InChI is InChI=1S/C19H17FN2O3/c20-15-7-5-12(6-8-15)9-14(18(21)23)11-22-19(24)17-10-13-3-1-2-4-16(13)25-17/h1-8,10,14H,9,11H2,(H2,21,23)(H,22,24)/t14-/m0/s1. The molecule has 2 amide bonds. The van der Waals surface area contributed by atoms with E-state index in [0.29, 0.717) is 12.0 Å². The molecule has 25 heavy (non-hydrogen) atoms. The first-order chi connectivity index (χ1) is 12.0. The molecule has 0 unspecified atom stereocenters. The maximum atomic E-state index is 13.0. The highest BCUT2D eigenvalue weighted by molar-refractivity contribution is 5.96. The smallest absolute Gasteiger partial charge is 0.287 e. The zero-order valence-electron chi connectivity index (χ0n) is 13.4. The second-order valence-corrected chi connectivity index (χ2v) is 5.79. The lowest BCUT2D eigenvalue weighted by molar-refractivity contribution is -0.121. The summed E-state index contributed by atoms with van der Waals surface area (Å²) in [7, 11) is 0. The molecule has 0 aliphatic heterocycles. The van der Waals surface area contributed by atoms with Gasteiger partial charge in [0, 0.05) is 11.9 Å². The molecular weight excluding hydrogens is 323 g/mol. The Bertz CT molecular complexity index is 869. The van der Waals surface area contributed by atoms with Crippen molar-refractivity contribution in [3.05, 3.63) is 71.7 Å². The molecule has 0 saturated carbocycles. The third-order valence-electron chi connectivity index (χ3n) is 3.96. The zero-order valence-corrected chi connectivity index (χ0v) is 13.4. The third kappa shape index (κ3) is 4.03. The molecule has 0 spiro atoms. The van der Waals surface area contributed by atoms with Gasteiger partial charge in [0.25, 0.3) is 5.91 Å². The summed E-state index contributed by atoms with van der Waals surface area (Å²) in [5, 5.41) is 3.49. The van der Waals surface area contributed by atoms with E-state index in [-0.39, 0.29) is 18.1 Å². The van der Waals surface area contributed by atoms with Crippen LogP contribution in [0, 0.1) is 11.7 Å². The second-order valence-electron chi connectivity index (χ2n) is 5.79. The molecule has 0 aliphatic carbocycles. The first kappa shape index (κ1) is 16.7. The molecule has 3 N–H and O–H groups in total. The number of carbonyl (C=O) groups excluding carboxylic acids is 2. The van der Waals surface area contributed by atoms with Crippen molar-refractivity contribution >= 4 is 22.8 Å². The number of nitrogens with two attached hydrogens (primary N) is 1. The summed E-state index contributed by atoms with van der Waals surface area (Å²) in [6.07, 6.45) is 0.315. The van der Waals surface area contributed by atoms with Gasteiger partial charge in [-0.25, -0.2) is 4.39 Å². The fourth-order valence-electron chi connectivity index (χ4n) is 2.58. The number of carbonyl (C=O) groups is 2. The number of rotatable bonds is 6. The van der Waals surface area contributed by atoms with E-state index in [1.165, 1.54) is 12.1 Å². The summed E-state index contributed by atoms with van der Waals surface area (Å²) in [5.74, 6) is -1.72. The second kappa shape index (κ2) is 7.17. The number of amides is 2. The Morgan fingerprint density at radius 1 is 1.12 bits per heavy atom. The van der Waals surface area contributed by atoms with Crippen molar-refractivity contribution in [3.63, 3.8) is 0 Å². The van der Waals surface area contributed by atoms with Crippen molar-refractivity contribution < 1.29 is 18.4 Å². The maximum absolute atomic E-state index is 13.0. The van der Waals surface area contributed by atoms with Crippen LogP contribution in [-0.4, -0.2) is 18.4 Å². The quantitative estimate of drug-likeness (QED) is 0.723. The molecule has 5 nitrogen and oxygen atoms in total. The van der Waals surface area contributed by atoms with Crippen molar-refractivity contribution in [1.29, 1.82) is 0 Å². The molecule has 128 valence electrons. The van der Waals surface area contributed by atoms with Crippen LogP contribution < -0.4 is 11.1 Å². The van der Waals surface area contributed by atoms with Gasteiger partial charge in [0.2, 0.25) is 5.91 Å². The van der Waals surface area contributed by atoms with E-state index in [4.69, 9.17) is 10.2 Å². The lowest BCUT2D eigenvalue weighted by Crippen LogP contribution is -2.37. The molecule has 3 rings (SSSR count). The van der Waals surface area contributed by atoms with E-state index in [1.54, 1.807) is 24.3 Å². The van der Waals surface area contributed by atoms with Crippen LogP contribution >= 0.6 is 0 Å². The molecule has 2 aromatic carbocycles. The molecule has 1 heterocycles. The Morgan fingerprint density at radius 3 is 2.52 bits per heavy atom. The van der Waals surface area contributed by atoms with Gasteiger partial charge < -0.3 is 15.5 Å². The fourth-order valence-corrected chi connectivity index (χ4v) is 2.58. The highest BCUT2D eigenvalue weighted by atomic mass is 19.1. The minimum absolute atomic E-state index is 0.0720. The van der Waals surface area contributed by atoms with Crippen molar-refractivity contribution in [1.82, 2.24) is 5.32 Å². The number of fused-ring (bicyclic) bond motifs is 1. The lowest BCUT2D eigenvalue weighted by Gasteiger charge is -2.14. The molecular formula is C19H17FN2O3. The number of hydrogen-bond acceptors (Lipinski definition) is 3. The predicted octanol–water partition coefficient (Wildman–Crippen LogP) is 2.65. The molecule has 3 aromatic rings. The summed E-state index contributed by atoms with van der Waals surface area (Å²) in [6.45, 7) is 0.0720. The number of halogens is 1. The van der Waals surface area contributed by atoms with Gasteiger partial charge in [-0.3, -0.25) is 9.59 Å². The maximum Gasteiger partial charge on any atom is 0.287 e. The minimum Gasteiger partial charge on any atom is -0.451 e. The molecule has 1 atom stereocenters. The first-order valence-electron chi connectivity index (χ1n) is 7.83. The average Bonchev–Trinajstić information content (AvgIpc) is 3.04. The van der Waals surface area contributed by atoms with Crippen LogP contribution in [0.15, 0.2) is 59.0 Å². The van der Waals surface area contributed by atoms with E-state index in [1.807, 2.05) is 18.2 Å². The van der Waals surface area contributed by atoms with Gasteiger partial charge >= 0.3 is 0 Å². The van der Waals surface area contributed by atoms with E-state index < -0.39 is 17.7 Å². The van der Waals surface area contributed by atoms with Crippen LogP contribution in [-0.2, 0) is 11.2 Å². The summed E-state index contributed by atoms with van der Waals surface area (Å²) < 4.78 is 18.4. The number of benzene rings is 2. The normalized spacial score (nSPS) is 12.0. The van der Waals surface area contributed by atoms with Gasteiger partial charge in [0.1, 0.15) is 11.4 Å². The summed E-state index contributed by atoms with van der Waals surface area (Å²) in [6, 6.07) is 14.7. The van der Waals surface area contributed by atoms with Crippen LogP contribution in [0.4, 0.5) is 4.39 Å². The molecule has 0 saturated heterocycles. The van der Waals surface area contributed by atoms with Gasteiger partial charge in [-0.2, -0.15) is 0 Å². The predicted molar refractivity (Wildman–Crippen MR) is 91.3 cm³/mol. The molecule has 0 radical (unpaired) electrons. The molecule has 0 aliphatic rings. The van der Waals surface area contributed by atoms with Gasteiger partial charge in [-0.1, -0.05) is 30.3 Å². The largest absolute Gasteiger partial charge is 0.451 e. The minimum atomic E-state index is -0.598. The van der Waals surface area contributed by atoms with Crippen LogP contribution in [0.5, 0.6) is 0 Å². The number of hydrogen-bond donors (Lipinski definition) is 2.